The summed E-state index contributed by atoms with van der Waals surface area (Å²) in [6.07, 6.45) is 0.674. The minimum absolute atomic E-state index is 0.0754. The molecule has 114 valence electrons. The predicted molar refractivity (Wildman–Crippen MR) is 76.7 cm³/mol. The van der Waals surface area contributed by atoms with E-state index in [2.05, 4.69) is 15.0 Å². The lowest BCUT2D eigenvalue weighted by Gasteiger charge is -2.17. The van der Waals surface area contributed by atoms with Gasteiger partial charge in [0.05, 0.1) is 19.1 Å². The number of hydrogen-bond donors (Lipinski definition) is 0. The van der Waals surface area contributed by atoms with Crippen molar-refractivity contribution in [2.75, 3.05) is 25.7 Å². The van der Waals surface area contributed by atoms with Crippen LogP contribution in [-0.2, 0) is 6.42 Å². The second kappa shape index (κ2) is 5.43. The van der Waals surface area contributed by atoms with E-state index in [0.717, 1.165) is 11.3 Å². The van der Waals surface area contributed by atoms with Gasteiger partial charge in [0.1, 0.15) is 0 Å². The average Bonchev–Trinajstić information content (AvgIpc) is 2.97. The summed E-state index contributed by atoms with van der Waals surface area (Å²) in [5.74, 6) is 0.385. The van der Waals surface area contributed by atoms with E-state index in [-0.39, 0.29) is 17.7 Å². The van der Waals surface area contributed by atoms with Crippen LogP contribution in [0.15, 0.2) is 18.2 Å². The molecule has 0 bridgehead atoms. The molecule has 0 amide bonds. The van der Waals surface area contributed by atoms with Crippen LogP contribution in [-0.4, -0.2) is 40.6 Å². The summed E-state index contributed by atoms with van der Waals surface area (Å²) >= 11 is 0. The summed E-state index contributed by atoms with van der Waals surface area (Å²) in [4.78, 5) is 24.7. The van der Waals surface area contributed by atoms with Gasteiger partial charge in [-0.15, -0.1) is 4.98 Å². The topological polar surface area (TPSA) is 104 Å². The first-order valence-electron chi connectivity index (χ1n) is 6.51. The molecule has 0 radical (unpaired) electrons. The van der Waals surface area contributed by atoms with E-state index >= 15 is 0 Å². The van der Waals surface area contributed by atoms with Crippen molar-refractivity contribution in [2.45, 2.75) is 6.42 Å². The zero-order chi connectivity index (χ0) is 15.7. The van der Waals surface area contributed by atoms with E-state index in [1.54, 1.807) is 12.1 Å². The number of hydrogen-bond acceptors (Lipinski definition) is 8. The maximum atomic E-state index is 10.8. The van der Waals surface area contributed by atoms with Gasteiger partial charge in [-0.25, -0.2) is 0 Å². The zero-order valence-electron chi connectivity index (χ0n) is 12.0. The van der Waals surface area contributed by atoms with Gasteiger partial charge < -0.3 is 14.4 Å². The van der Waals surface area contributed by atoms with Crippen molar-refractivity contribution in [1.82, 2.24) is 15.0 Å². The Balaban J connectivity index is 2.01. The Hall–Kier alpha value is -2.97. The monoisotopic (exact) mass is 303 g/mol. The normalized spacial score (nSPS) is 12.9. The van der Waals surface area contributed by atoms with Crippen LogP contribution < -0.4 is 14.4 Å². The Labute approximate surface area is 125 Å². The number of ether oxygens (including phenoxy) is 2. The van der Waals surface area contributed by atoms with Gasteiger partial charge in [-0.2, -0.15) is 9.97 Å². The molecule has 0 saturated carbocycles. The molecule has 0 atom stereocenters. The van der Waals surface area contributed by atoms with Crippen LogP contribution in [0.25, 0.3) is 0 Å². The Morgan fingerprint density at radius 2 is 1.86 bits per heavy atom. The van der Waals surface area contributed by atoms with Crippen molar-refractivity contribution >= 4 is 17.3 Å². The molecule has 0 aliphatic carbocycles. The molecule has 1 aromatic heterocycles. The van der Waals surface area contributed by atoms with Crippen LogP contribution >= 0.6 is 0 Å². The van der Waals surface area contributed by atoms with Crippen molar-refractivity contribution in [3.05, 3.63) is 33.9 Å². The molecule has 22 heavy (non-hydrogen) atoms. The second-order valence-electron chi connectivity index (χ2n) is 4.58. The average molecular weight is 303 g/mol. The van der Waals surface area contributed by atoms with Crippen molar-refractivity contribution < 1.29 is 14.4 Å². The van der Waals surface area contributed by atoms with Crippen LogP contribution in [0.2, 0.25) is 0 Å². The number of methoxy groups -OCH3 is 2. The van der Waals surface area contributed by atoms with Crippen LogP contribution in [0.3, 0.4) is 0 Å². The molecule has 9 nitrogen and oxygen atoms in total. The number of benzene rings is 1. The molecule has 3 rings (SSSR count). The summed E-state index contributed by atoms with van der Waals surface area (Å²) in [6, 6.07) is 5.04. The van der Waals surface area contributed by atoms with E-state index in [9.17, 15) is 10.1 Å². The van der Waals surface area contributed by atoms with Crippen molar-refractivity contribution in [3.63, 3.8) is 0 Å². The third kappa shape index (κ3) is 2.36. The van der Waals surface area contributed by atoms with Crippen LogP contribution in [0.4, 0.5) is 17.3 Å². The molecular formula is C13H13N5O4. The maximum absolute atomic E-state index is 10.8. The minimum atomic E-state index is -0.405. The molecule has 0 N–H and O–H groups in total. The number of fused-ring (bicyclic) bond motifs is 1. The van der Waals surface area contributed by atoms with Crippen molar-refractivity contribution in [1.29, 1.82) is 0 Å². The van der Waals surface area contributed by atoms with E-state index < -0.39 is 4.92 Å². The third-order valence-electron chi connectivity index (χ3n) is 3.36. The van der Waals surface area contributed by atoms with Gasteiger partial charge in [-0.05, 0) is 18.1 Å². The fraction of sp³-hybridized carbons (Fsp3) is 0.308. The first-order chi connectivity index (χ1) is 10.6. The highest BCUT2D eigenvalue weighted by Crippen LogP contribution is 2.35. The summed E-state index contributed by atoms with van der Waals surface area (Å²) in [5, 5.41) is 10.8. The van der Waals surface area contributed by atoms with Gasteiger partial charge in [0, 0.05) is 24.4 Å². The van der Waals surface area contributed by atoms with E-state index in [4.69, 9.17) is 9.47 Å². The first kappa shape index (κ1) is 14.0. The SMILES string of the molecule is COc1nc(OC)nc(N2CCc3cc([N+](=O)[O-])ccc32)n1. The highest BCUT2D eigenvalue weighted by molar-refractivity contribution is 5.68. The Morgan fingerprint density at radius 3 is 2.45 bits per heavy atom. The summed E-state index contributed by atoms with van der Waals surface area (Å²) in [7, 11) is 2.92. The zero-order valence-corrected chi connectivity index (χ0v) is 12.0. The number of non-ortho nitro benzene ring substituents is 1. The molecule has 0 fully saturated rings. The van der Waals surface area contributed by atoms with Crippen molar-refractivity contribution in [3.8, 4) is 12.0 Å². The number of aromatic nitrogens is 3. The highest BCUT2D eigenvalue weighted by atomic mass is 16.6. The van der Waals surface area contributed by atoms with Gasteiger partial charge in [0.2, 0.25) is 5.95 Å². The molecule has 0 unspecified atom stereocenters. The largest absolute Gasteiger partial charge is 0.467 e. The third-order valence-corrected chi connectivity index (χ3v) is 3.36. The van der Waals surface area contributed by atoms with E-state index in [1.807, 2.05) is 4.90 Å². The molecule has 1 aliphatic heterocycles. The fourth-order valence-electron chi connectivity index (χ4n) is 2.34. The minimum Gasteiger partial charge on any atom is -0.467 e. The summed E-state index contributed by atoms with van der Waals surface area (Å²) < 4.78 is 10.1. The molecule has 0 saturated heterocycles. The van der Waals surface area contributed by atoms with Gasteiger partial charge in [0.25, 0.3) is 5.69 Å². The Kier molecular flexibility index (Phi) is 3.45. The van der Waals surface area contributed by atoms with E-state index in [1.165, 1.54) is 20.3 Å². The Morgan fingerprint density at radius 1 is 1.18 bits per heavy atom. The van der Waals surface area contributed by atoms with Crippen LogP contribution in [0.1, 0.15) is 5.56 Å². The summed E-state index contributed by atoms with van der Waals surface area (Å²) in [5.41, 5.74) is 1.79. The second-order valence-corrected chi connectivity index (χ2v) is 4.58. The molecule has 9 heteroatoms. The maximum Gasteiger partial charge on any atom is 0.324 e. The fourth-order valence-corrected chi connectivity index (χ4v) is 2.34. The van der Waals surface area contributed by atoms with Gasteiger partial charge >= 0.3 is 12.0 Å². The van der Waals surface area contributed by atoms with Gasteiger partial charge in [-0.1, -0.05) is 0 Å². The standard InChI is InChI=1S/C13H13N5O4/c1-21-12-14-11(15-13(16-12)22-2)17-6-5-8-7-9(18(19)20)3-4-10(8)17/h3-4,7H,5-6H2,1-2H3. The van der Waals surface area contributed by atoms with Gasteiger partial charge in [0.15, 0.2) is 0 Å². The van der Waals surface area contributed by atoms with E-state index in [0.29, 0.717) is 18.9 Å². The summed E-state index contributed by atoms with van der Waals surface area (Å²) in [6.45, 7) is 0.618. The molecule has 1 aliphatic rings. The number of nitro benzene ring substituents is 1. The van der Waals surface area contributed by atoms with Crippen molar-refractivity contribution in [2.24, 2.45) is 0 Å². The van der Waals surface area contributed by atoms with Crippen LogP contribution in [0.5, 0.6) is 12.0 Å². The lowest BCUT2D eigenvalue weighted by Crippen LogP contribution is -2.17. The number of rotatable bonds is 4. The van der Waals surface area contributed by atoms with Crippen LogP contribution in [0, 0.1) is 10.1 Å². The lowest BCUT2D eigenvalue weighted by molar-refractivity contribution is -0.384. The number of nitro groups is 1. The van der Waals surface area contributed by atoms with Gasteiger partial charge in [-0.3, -0.25) is 10.1 Å². The Bertz CT molecular complexity index is 714. The lowest BCUT2D eigenvalue weighted by atomic mass is 10.1. The molecule has 2 heterocycles. The molecule has 2 aromatic rings. The molecular weight excluding hydrogens is 290 g/mol. The quantitative estimate of drug-likeness (QED) is 0.618. The highest BCUT2D eigenvalue weighted by Gasteiger charge is 2.25. The molecule has 1 aromatic carbocycles. The number of nitrogens with zero attached hydrogens (tertiary/aromatic N) is 5. The number of anilines is 2. The smallest absolute Gasteiger partial charge is 0.324 e. The first-order valence-corrected chi connectivity index (χ1v) is 6.51. The molecule has 0 spiro atoms. The predicted octanol–water partition coefficient (Wildman–Crippen LogP) is 1.49.